The predicted molar refractivity (Wildman–Crippen MR) is 114 cm³/mol. The third-order valence-corrected chi connectivity index (χ3v) is 7.66. The molecule has 3 amide bonds. The van der Waals surface area contributed by atoms with Crippen LogP contribution in [0.2, 0.25) is 5.02 Å². The lowest BCUT2D eigenvalue weighted by Crippen LogP contribution is -2.54. The fraction of sp³-hybridized carbons (Fsp3) is 0.318. The first kappa shape index (κ1) is 20.3. The van der Waals surface area contributed by atoms with Crippen LogP contribution in [0, 0.1) is 27.8 Å². The number of nitrogens with zero attached hydrogens (tertiary/aromatic N) is 3. The molecule has 0 radical (unpaired) electrons. The Morgan fingerprint density at radius 3 is 2.70 bits per heavy atom. The number of halogens is 2. The number of imide groups is 1. The van der Waals surface area contributed by atoms with E-state index < -0.39 is 51.5 Å². The molecule has 4 aliphatic rings. The number of anilines is 2. The van der Waals surface area contributed by atoms with E-state index in [1.807, 2.05) is 4.90 Å². The summed E-state index contributed by atoms with van der Waals surface area (Å²) in [5, 5.41) is 14.0. The number of nitro benzene ring substituents is 1. The average Bonchev–Trinajstić information content (AvgIpc) is 3.47. The lowest BCUT2D eigenvalue weighted by atomic mass is 9.75. The van der Waals surface area contributed by atoms with Crippen molar-refractivity contribution in [2.24, 2.45) is 11.8 Å². The number of carbonyl (C=O) groups is 3. The fourth-order valence-electron chi connectivity index (χ4n) is 6.21. The van der Waals surface area contributed by atoms with Crippen LogP contribution in [0.1, 0.15) is 18.4 Å². The number of fused-ring (bicyclic) bond motifs is 7. The molecule has 0 aliphatic carbocycles. The molecule has 2 aromatic rings. The van der Waals surface area contributed by atoms with Crippen molar-refractivity contribution < 1.29 is 23.7 Å². The van der Waals surface area contributed by atoms with Crippen molar-refractivity contribution in [1.82, 2.24) is 4.90 Å². The van der Waals surface area contributed by atoms with Gasteiger partial charge in [0, 0.05) is 23.4 Å². The molecule has 168 valence electrons. The molecule has 0 unspecified atom stereocenters. The van der Waals surface area contributed by atoms with Crippen LogP contribution in [0.3, 0.4) is 0 Å². The number of hydrogen-bond donors (Lipinski definition) is 1. The highest BCUT2D eigenvalue weighted by atomic mass is 35.5. The zero-order valence-corrected chi connectivity index (χ0v) is 17.7. The van der Waals surface area contributed by atoms with Gasteiger partial charge in [0.1, 0.15) is 16.4 Å². The first-order valence-electron chi connectivity index (χ1n) is 10.5. The van der Waals surface area contributed by atoms with Crippen molar-refractivity contribution in [2.45, 2.75) is 24.4 Å². The lowest BCUT2D eigenvalue weighted by molar-refractivity contribution is -0.384. The highest BCUT2D eigenvalue weighted by Gasteiger charge is 2.74. The monoisotopic (exact) mass is 470 g/mol. The van der Waals surface area contributed by atoms with E-state index in [1.165, 1.54) is 30.3 Å². The molecule has 1 N–H and O–H groups in total. The molecule has 0 aromatic heterocycles. The number of nitro groups is 1. The Balaban J connectivity index is 1.54. The third kappa shape index (κ3) is 2.37. The van der Waals surface area contributed by atoms with Crippen LogP contribution >= 0.6 is 11.6 Å². The minimum atomic E-state index is -1.51. The number of benzene rings is 2. The smallest absolute Gasteiger partial charge is 0.289 e. The highest BCUT2D eigenvalue weighted by Crippen LogP contribution is 2.60. The van der Waals surface area contributed by atoms with Crippen molar-refractivity contribution in [1.29, 1.82) is 0 Å². The molecule has 11 heteroatoms. The zero-order valence-electron chi connectivity index (χ0n) is 17.0. The maximum Gasteiger partial charge on any atom is 0.289 e. The molecule has 4 heterocycles. The SMILES string of the molecule is O=C1[C@@H]2[C@@H]3CCCN3[C@@]3(C(=O)Nc4ccc(F)cc43)[C@H]2C(=O)N1c1ccc(Cl)c([N+](=O)[O-])c1. The standard InChI is InChI=1S/C22H16ClFN4O5/c23-13-5-4-11(9-16(13)28(32)33)27-19(29)17-15-2-1-7-26(15)22(18(17)20(27)30)12-8-10(24)3-6-14(12)25-21(22)31/h3-6,8-9,15,17-18H,1-2,7H2,(H,25,31)/t15-,17+,18+,22+/m0/s1. The average molecular weight is 471 g/mol. The second-order valence-electron chi connectivity index (χ2n) is 8.72. The van der Waals surface area contributed by atoms with Gasteiger partial charge in [-0.25, -0.2) is 9.29 Å². The van der Waals surface area contributed by atoms with E-state index in [4.69, 9.17) is 11.6 Å². The second kappa shape index (κ2) is 6.58. The normalized spacial score (nSPS) is 30.1. The van der Waals surface area contributed by atoms with Crippen molar-refractivity contribution in [3.63, 3.8) is 0 Å². The van der Waals surface area contributed by atoms with Crippen LogP contribution in [0.5, 0.6) is 0 Å². The van der Waals surface area contributed by atoms with Crippen molar-refractivity contribution in [3.05, 3.63) is 62.9 Å². The summed E-state index contributed by atoms with van der Waals surface area (Å²) in [6.07, 6.45) is 1.33. The number of amides is 3. The number of nitrogens with one attached hydrogen (secondary N) is 1. The Kier molecular flexibility index (Phi) is 4.04. The first-order chi connectivity index (χ1) is 15.8. The topological polar surface area (TPSA) is 113 Å². The van der Waals surface area contributed by atoms with Gasteiger partial charge >= 0.3 is 0 Å². The van der Waals surface area contributed by atoms with Crippen LogP contribution in [-0.2, 0) is 19.9 Å². The van der Waals surface area contributed by atoms with Crippen molar-refractivity contribution in [2.75, 3.05) is 16.8 Å². The highest BCUT2D eigenvalue weighted by molar-refractivity contribution is 6.33. The molecule has 0 saturated carbocycles. The quantitative estimate of drug-likeness (QED) is 0.410. The van der Waals surface area contributed by atoms with Gasteiger partial charge in [-0.2, -0.15) is 0 Å². The molecule has 4 atom stereocenters. The molecule has 1 spiro atoms. The molecule has 4 aliphatic heterocycles. The first-order valence-corrected chi connectivity index (χ1v) is 10.8. The second-order valence-corrected chi connectivity index (χ2v) is 9.13. The number of carbonyl (C=O) groups excluding carboxylic acids is 3. The largest absolute Gasteiger partial charge is 0.324 e. The summed E-state index contributed by atoms with van der Waals surface area (Å²) in [7, 11) is 0. The van der Waals surface area contributed by atoms with Crippen molar-refractivity contribution >= 4 is 46.4 Å². The van der Waals surface area contributed by atoms with Gasteiger partial charge in [-0.05, 0) is 49.7 Å². The zero-order chi connectivity index (χ0) is 23.2. The maximum absolute atomic E-state index is 14.3. The van der Waals surface area contributed by atoms with Gasteiger partial charge in [0.25, 0.3) is 5.69 Å². The van der Waals surface area contributed by atoms with Gasteiger partial charge in [0.15, 0.2) is 0 Å². The lowest BCUT2D eigenvalue weighted by Gasteiger charge is -2.36. The summed E-state index contributed by atoms with van der Waals surface area (Å²) in [4.78, 5) is 54.3. The molecule has 3 saturated heterocycles. The van der Waals surface area contributed by atoms with Gasteiger partial charge in [-0.1, -0.05) is 11.6 Å². The molecule has 0 bridgehead atoms. The summed E-state index contributed by atoms with van der Waals surface area (Å²) < 4.78 is 14.3. The third-order valence-electron chi connectivity index (χ3n) is 7.34. The van der Waals surface area contributed by atoms with E-state index >= 15 is 0 Å². The van der Waals surface area contributed by atoms with E-state index in [2.05, 4.69) is 5.32 Å². The Bertz CT molecular complexity index is 1300. The molecule has 3 fully saturated rings. The Morgan fingerprint density at radius 1 is 1.15 bits per heavy atom. The van der Waals surface area contributed by atoms with Crippen LogP contribution in [0.4, 0.5) is 21.5 Å². The Hall–Kier alpha value is -3.37. The number of rotatable bonds is 2. The van der Waals surface area contributed by atoms with Crippen LogP contribution in [0.25, 0.3) is 0 Å². The summed E-state index contributed by atoms with van der Waals surface area (Å²) >= 11 is 5.90. The van der Waals surface area contributed by atoms with Gasteiger partial charge in [-0.3, -0.25) is 29.4 Å². The van der Waals surface area contributed by atoms with E-state index in [0.29, 0.717) is 24.2 Å². The van der Waals surface area contributed by atoms with Gasteiger partial charge in [0.2, 0.25) is 17.7 Å². The van der Waals surface area contributed by atoms with Crippen LogP contribution < -0.4 is 10.2 Å². The Morgan fingerprint density at radius 2 is 1.94 bits per heavy atom. The van der Waals surface area contributed by atoms with Crippen molar-refractivity contribution in [3.8, 4) is 0 Å². The van der Waals surface area contributed by atoms with Gasteiger partial charge in [-0.15, -0.1) is 0 Å². The molecule has 33 heavy (non-hydrogen) atoms. The molecule has 6 rings (SSSR count). The van der Waals surface area contributed by atoms with Gasteiger partial charge in [0.05, 0.1) is 22.4 Å². The molecular weight excluding hydrogens is 455 g/mol. The summed E-state index contributed by atoms with van der Waals surface area (Å²) in [6.45, 7) is 0.494. The van der Waals surface area contributed by atoms with E-state index in [9.17, 15) is 28.9 Å². The molecule has 2 aromatic carbocycles. The fourth-order valence-corrected chi connectivity index (χ4v) is 6.40. The molecule has 9 nitrogen and oxygen atoms in total. The Labute approximate surface area is 191 Å². The summed E-state index contributed by atoms with van der Waals surface area (Å²) in [5.74, 6) is -4.07. The predicted octanol–water partition coefficient (Wildman–Crippen LogP) is 2.82. The minimum absolute atomic E-state index is 0.0214. The van der Waals surface area contributed by atoms with Gasteiger partial charge < -0.3 is 5.32 Å². The van der Waals surface area contributed by atoms with E-state index in [1.54, 1.807) is 0 Å². The van der Waals surface area contributed by atoms with E-state index in [0.717, 1.165) is 17.4 Å². The summed E-state index contributed by atoms with van der Waals surface area (Å²) in [5.41, 5.74) is -1.17. The molecular formula is C22H16ClFN4O5. The van der Waals surface area contributed by atoms with E-state index in [-0.39, 0.29) is 16.8 Å². The maximum atomic E-state index is 14.3. The van der Waals surface area contributed by atoms with Crippen LogP contribution in [-0.4, -0.2) is 40.1 Å². The minimum Gasteiger partial charge on any atom is -0.324 e. The number of hydrogen-bond acceptors (Lipinski definition) is 6. The van der Waals surface area contributed by atoms with Crippen LogP contribution in [0.15, 0.2) is 36.4 Å². The summed E-state index contributed by atoms with van der Waals surface area (Å²) in [6, 6.07) is 7.27.